The highest BCUT2D eigenvalue weighted by molar-refractivity contribution is 7.84. The van der Waals surface area contributed by atoms with Crippen LogP contribution in [0.3, 0.4) is 0 Å². The number of anilines is 1. The smallest absolute Gasteiger partial charge is 0.201 e. The third-order valence-corrected chi connectivity index (χ3v) is 4.09. The van der Waals surface area contributed by atoms with Crippen LogP contribution in [0, 0.1) is 0 Å². The summed E-state index contributed by atoms with van der Waals surface area (Å²) < 4.78 is 23.8. The number of benzene rings is 1. The Hall–Kier alpha value is -1.76. The Morgan fingerprint density at radius 3 is 2.50 bits per heavy atom. The first-order valence-electron chi connectivity index (χ1n) is 6.17. The van der Waals surface area contributed by atoms with Crippen molar-refractivity contribution in [3.8, 4) is 11.5 Å². The van der Waals surface area contributed by atoms with Crippen LogP contribution in [0.15, 0.2) is 12.1 Å². The number of nitrogens with zero attached hydrogens (tertiary/aromatic N) is 2. The van der Waals surface area contributed by atoms with Crippen LogP contribution in [0.1, 0.15) is 13.0 Å². The molecule has 0 spiro atoms. The van der Waals surface area contributed by atoms with Gasteiger partial charge in [-0.3, -0.25) is 4.21 Å². The summed E-state index contributed by atoms with van der Waals surface area (Å²) in [4.78, 5) is 4.33. The minimum atomic E-state index is -0.905. The third kappa shape index (κ3) is 2.58. The Morgan fingerprint density at radius 2 is 1.95 bits per heavy atom. The zero-order valence-corrected chi connectivity index (χ0v) is 12.9. The molecule has 0 bridgehead atoms. The van der Waals surface area contributed by atoms with Gasteiger partial charge in [0, 0.05) is 41.0 Å². The highest BCUT2D eigenvalue weighted by Crippen LogP contribution is 2.34. The molecule has 2 N–H and O–H groups in total. The standard InChI is InChI=1S/C13H19N3O3S/c1-8(7-20(4)17)16-10-6-12(19-3)11(18-2)5-9(10)15-13(16)14/h5-6,8H,7H2,1-4H3,(H2,14,15). The number of hydrogen-bond donors (Lipinski definition) is 1. The van der Waals surface area contributed by atoms with Gasteiger partial charge in [0.15, 0.2) is 11.5 Å². The van der Waals surface area contributed by atoms with E-state index in [4.69, 9.17) is 15.2 Å². The van der Waals surface area contributed by atoms with Gasteiger partial charge in [-0.15, -0.1) is 0 Å². The quantitative estimate of drug-likeness (QED) is 0.906. The molecule has 0 aliphatic rings. The van der Waals surface area contributed by atoms with E-state index in [2.05, 4.69) is 4.98 Å². The fourth-order valence-corrected chi connectivity index (χ4v) is 3.15. The van der Waals surface area contributed by atoms with Crippen LogP contribution < -0.4 is 15.2 Å². The van der Waals surface area contributed by atoms with Crippen LogP contribution >= 0.6 is 0 Å². The van der Waals surface area contributed by atoms with Crippen LogP contribution in [0.25, 0.3) is 11.0 Å². The van der Waals surface area contributed by atoms with Gasteiger partial charge in [-0.25, -0.2) is 4.98 Å². The van der Waals surface area contributed by atoms with E-state index in [-0.39, 0.29) is 6.04 Å². The van der Waals surface area contributed by atoms with E-state index in [0.29, 0.717) is 23.2 Å². The molecule has 0 radical (unpaired) electrons. The van der Waals surface area contributed by atoms with Gasteiger partial charge in [-0.2, -0.15) is 0 Å². The predicted octanol–water partition coefficient (Wildman–Crippen LogP) is 1.58. The number of ether oxygens (including phenoxy) is 2. The molecular weight excluding hydrogens is 278 g/mol. The second kappa shape index (κ2) is 5.70. The third-order valence-electron chi connectivity index (χ3n) is 3.14. The summed E-state index contributed by atoms with van der Waals surface area (Å²) in [6.07, 6.45) is 1.68. The second-order valence-electron chi connectivity index (χ2n) is 4.62. The molecule has 1 heterocycles. The summed E-state index contributed by atoms with van der Waals surface area (Å²) in [6.45, 7) is 1.97. The Morgan fingerprint density at radius 1 is 1.35 bits per heavy atom. The van der Waals surface area contributed by atoms with Gasteiger partial charge in [0.25, 0.3) is 0 Å². The van der Waals surface area contributed by atoms with Gasteiger partial charge in [0.1, 0.15) is 0 Å². The number of imidazole rings is 1. The second-order valence-corrected chi connectivity index (χ2v) is 6.10. The highest BCUT2D eigenvalue weighted by atomic mass is 32.2. The van der Waals surface area contributed by atoms with Gasteiger partial charge in [0.05, 0.1) is 25.3 Å². The van der Waals surface area contributed by atoms with Crippen molar-refractivity contribution in [2.24, 2.45) is 0 Å². The fourth-order valence-electron chi connectivity index (χ4n) is 2.32. The normalized spacial score (nSPS) is 14.2. The molecule has 110 valence electrons. The van der Waals surface area contributed by atoms with Crippen LogP contribution in [-0.4, -0.2) is 40.0 Å². The van der Waals surface area contributed by atoms with Crippen molar-refractivity contribution in [3.63, 3.8) is 0 Å². The van der Waals surface area contributed by atoms with E-state index in [0.717, 1.165) is 11.0 Å². The van der Waals surface area contributed by atoms with E-state index in [1.165, 1.54) is 0 Å². The minimum absolute atomic E-state index is 0.0102. The van der Waals surface area contributed by atoms with Crippen molar-refractivity contribution in [3.05, 3.63) is 12.1 Å². The first kappa shape index (κ1) is 14.6. The lowest BCUT2D eigenvalue weighted by Gasteiger charge is -2.15. The van der Waals surface area contributed by atoms with Gasteiger partial charge in [-0.05, 0) is 6.92 Å². The number of aromatic nitrogens is 2. The Kier molecular flexibility index (Phi) is 4.17. The molecule has 0 aliphatic carbocycles. The van der Waals surface area contributed by atoms with Gasteiger partial charge >= 0.3 is 0 Å². The van der Waals surface area contributed by atoms with Crippen LogP contribution in [0.2, 0.25) is 0 Å². The van der Waals surface area contributed by atoms with Crippen molar-refractivity contribution in [2.75, 3.05) is 32.0 Å². The molecule has 2 aromatic rings. The number of methoxy groups -OCH3 is 2. The van der Waals surface area contributed by atoms with E-state index >= 15 is 0 Å². The van der Waals surface area contributed by atoms with Gasteiger partial charge in [-0.1, -0.05) is 0 Å². The molecule has 6 nitrogen and oxygen atoms in total. The van der Waals surface area contributed by atoms with Gasteiger partial charge in [0.2, 0.25) is 5.95 Å². The van der Waals surface area contributed by atoms with Crippen LogP contribution in [-0.2, 0) is 10.8 Å². The van der Waals surface area contributed by atoms with Crippen molar-refractivity contribution < 1.29 is 13.7 Å². The maximum absolute atomic E-state index is 11.4. The van der Waals surface area contributed by atoms with E-state index < -0.39 is 10.8 Å². The number of nitrogens with two attached hydrogens (primary N) is 1. The number of hydrogen-bond acceptors (Lipinski definition) is 5. The average Bonchev–Trinajstić information content (AvgIpc) is 2.70. The zero-order chi connectivity index (χ0) is 14.9. The molecule has 2 atom stereocenters. The molecule has 0 aliphatic heterocycles. The maximum Gasteiger partial charge on any atom is 0.201 e. The van der Waals surface area contributed by atoms with E-state index in [1.807, 2.05) is 17.6 Å². The molecular formula is C13H19N3O3S. The summed E-state index contributed by atoms with van der Waals surface area (Å²) in [6, 6.07) is 3.62. The zero-order valence-electron chi connectivity index (χ0n) is 12.0. The molecule has 0 amide bonds. The first-order chi connectivity index (χ1) is 9.47. The summed E-state index contributed by atoms with van der Waals surface area (Å²) in [5, 5.41) is 0. The Labute approximate surface area is 120 Å². The lowest BCUT2D eigenvalue weighted by molar-refractivity contribution is 0.355. The largest absolute Gasteiger partial charge is 0.493 e. The van der Waals surface area contributed by atoms with Crippen LogP contribution in [0.5, 0.6) is 11.5 Å². The molecule has 2 unspecified atom stereocenters. The van der Waals surface area contributed by atoms with Crippen molar-refractivity contribution in [1.29, 1.82) is 0 Å². The van der Waals surface area contributed by atoms with Crippen LogP contribution in [0.4, 0.5) is 5.95 Å². The molecule has 7 heteroatoms. The Balaban J connectivity index is 2.60. The number of fused-ring (bicyclic) bond motifs is 1. The van der Waals surface area contributed by atoms with E-state index in [1.54, 1.807) is 26.5 Å². The van der Waals surface area contributed by atoms with Crippen molar-refractivity contribution in [2.45, 2.75) is 13.0 Å². The SMILES string of the molecule is COc1cc2nc(N)n(C(C)CS(C)=O)c2cc1OC. The topological polar surface area (TPSA) is 79.4 Å². The molecule has 1 aromatic heterocycles. The lowest BCUT2D eigenvalue weighted by Crippen LogP contribution is -2.15. The van der Waals surface area contributed by atoms with Gasteiger partial charge < -0.3 is 19.8 Å². The molecule has 0 fully saturated rings. The predicted molar refractivity (Wildman–Crippen MR) is 80.9 cm³/mol. The average molecular weight is 297 g/mol. The molecule has 20 heavy (non-hydrogen) atoms. The monoisotopic (exact) mass is 297 g/mol. The first-order valence-corrected chi connectivity index (χ1v) is 7.90. The number of nitrogen functional groups attached to an aromatic ring is 1. The molecule has 0 saturated carbocycles. The number of rotatable bonds is 5. The van der Waals surface area contributed by atoms with Crippen molar-refractivity contribution >= 4 is 27.8 Å². The summed E-state index contributed by atoms with van der Waals surface area (Å²) in [5.74, 6) is 2.14. The maximum atomic E-state index is 11.4. The summed E-state index contributed by atoms with van der Waals surface area (Å²) in [5.41, 5.74) is 7.56. The Bertz CT molecular complexity index is 654. The summed E-state index contributed by atoms with van der Waals surface area (Å²) in [7, 11) is 2.25. The van der Waals surface area contributed by atoms with E-state index in [9.17, 15) is 4.21 Å². The van der Waals surface area contributed by atoms with Crippen molar-refractivity contribution in [1.82, 2.24) is 9.55 Å². The fraction of sp³-hybridized carbons (Fsp3) is 0.462. The molecule has 0 saturated heterocycles. The molecule has 2 rings (SSSR count). The summed E-state index contributed by atoms with van der Waals surface area (Å²) >= 11 is 0. The molecule has 1 aromatic carbocycles. The highest BCUT2D eigenvalue weighted by Gasteiger charge is 2.18. The minimum Gasteiger partial charge on any atom is -0.493 e. The lowest BCUT2D eigenvalue weighted by atomic mass is 10.2.